The average molecular weight is 355 g/mol. The highest BCUT2D eigenvalue weighted by Gasteiger charge is 2.28. The van der Waals surface area contributed by atoms with Crippen LogP contribution in [0.3, 0.4) is 0 Å². The Balaban J connectivity index is 1.82. The highest BCUT2D eigenvalue weighted by atomic mass is 35.5. The number of nitrogens with one attached hydrogen (secondary N) is 1. The van der Waals surface area contributed by atoms with Crippen LogP contribution in [0.5, 0.6) is 0 Å². The van der Waals surface area contributed by atoms with Crippen LogP contribution < -0.4 is 0 Å². The fourth-order valence-corrected chi connectivity index (χ4v) is 4.65. The Kier molecular flexibility index (Phi) is 4.38. The van der Waals surface area contributed by atoms with E-state index < -0.39 is 9.84 Å². The molecule has 0 aliphatic carbocycles. The van der Waals surface area contributed by atoms with E-state index in [9.17, 15) is 13.2 Å². The molecule has 1 amide bonds. The molecule has 2 aromatic rings. The summed E-state index contributed by atoms with van der Waals surface area (Å²) in [6, 6.07) is 7.50. The number of hydrogen-bond donors (Lipinski definition) is 1. The molecule has 0 bridgehead atoms. The van der Waals surface area contributed by atoms with Gasteiger partial charge in [-0.2, -0.15) is 0 Å². The zero-order valence-electron chi connectivity index (χ0n) is 12.9. The molecule has 1 fully saturated rings. The van der Waals surface area contributed by atoms with Crippen molar-refractivity contribution in [1.82, 2.24) is 9.88 Å². The lowest BCUT2D eigenvalue weighted by molar-refractivity contribution is 0.0679. The summed E-state index contributed by atoms with van der Waals surface area (Å²) in [5.74, 6) is -0.0488. The lowest BCUT2D eigenvalue weighted by atomic mass is 10.00. The van der Waals surface area contributed by atoms with Gasteiger partial charge in [0.15, 0.2) is 0 Å². The van der Waals surface area contributed by atoms with Crippen molar-refractivity contribution in [3.63, 3.8) is 0 Å². The lowest BCUT2D eigenvalue weighted by Gasteiger charge is -2.32. The van der Waals surface area contributed by atoms with E-state index in [2.05, 4.69) is 4.98 Å². The summed E-state index contributed by atoms with van der Waals surface area (Å²) in [6.45, 7) is 1.09. The maximum atomic E-state index is 12.8. The van der Waals surface area contributed by atoms with Crippen LogP contribution in [-0.2, 0) is 9.84 Å². The van der Waals surface area contributed by atoms with Gasteiger partial charge in [0, 0.05) is 30.2 Å². The summed E-state index contributed by atoms with van der Waals surface area (Å²) in [4.78, 5) is 17.5. The number of carbonyl (C=O) groups excluding carboxylic acids is 1. The van der Waals surface area contributed by atoms with Crippen LogP contribution in [0.15, 0.2) is 24.3 Å². The second-order valence-corrected chi connectivity index (χ2v) is 8.77. The predicted molar refractivity (Wildman–Crippen MR) is 91.6 cm³/mol. The summed E-state index contributed by atoms with van der Waals surface area (Å²) in [5, 5.41) is 1.25. The van der Waals surface area contributed by atoms with Crippen molar-refractivity contribution in [2.75, 3.05) is 25.1 Å². The van der Waals surface area contributed by atoms with Crippen LogP contribution >= 0.6 is 11.6 Å². The fraction of sp³-hybridized carbons (Fsp3) is 0.438. The van der Waals surface area contributed by atoms with E-state index in [0.29, 0.717) is 23.8 Å². The number of aromatic amines is 1. The molecule has 0 radical (unpaired) electrons. The second-order valence-electron chi connectivity index (χ2n) is 6.21. The molecule has 1 unspecified atom stereocenters. The quantitative estimate of drug-likeness (QED) is 0.921. The third kappa shape index (κ3) is 3.53. The highest BCUT2D eigenvalue weighted by Crippen LogP contribution is 2.29. The van der Waals surface area contributed by atoms with Gasteiger partial charge in [-0.25, -0.2) is 8.42 Å². The number of benzene rings is 1. The fourth-order valence-electron chi connectivity index (χ4n) is 3.23. The number of rotatable bonds is 3. The number of hydrogen-bond acceptors (Lipinski definition) is 3. The molecule has 1 aliphatic rings. The highest BCUT2D eigenvalue weighted by molar-refractivity contribution is 7.90. The molecule has 1 aliphatic heterocycles. The van der Waals surface area contributed by atoms with Crippen LogP contribution in [0.2, 0.25) is 5.02 Å². The molecule has 0 saturated carbocycles. The molecule has 1 saturated heterocycles. The summed E-state index contributed by atoms with van der Waals surface area (Å²) >= 11 is 6.34. The van der Waals surface area contributed by atoms with Gasteiger partial charge in [0.25, 0.3) is 5.91 Å². The zero-order chi connectivity index (χ0) is 16.6. The van der Waals surface area contributed by atoms with Crippen molar-refractivity contribution in [3.8, 4) is 0 Å². The van der Waals surface area contributed by atoms with Gasteiger partial charge >= 0.3 is 0 Å². The van der Waals surface area contributed by atoms with Crippen molar-refractivity contribution in [3.05, 3.63) is 35.0 Å². The van der Waals surface area contributed by atoms with Gasteiger partial charge in [-0.05, 0) is 24.8 Å². The van der Waals surface area contributed by atoms with E-state index in [1.165, 1.54) is 6.26 Å². The van der Waals surface area contributed by atoms with E-state index in [0.717, 1.165) is 23.7 Å². The molecule has 1 atom stereocenters. The van der Waals surface area contributed by atoms with Gasteiger partial charge in [-0.3, -0.25) is 4.79 Å². The van der Waals surface area contributed by atoms with Crippen LogP contribution in [0.25, 0.3) is 10.9 Å². The van der Waals surface area contributed by atoms with Gasteiger partial charge in [0.1, 0.15) is 15.5 Å². The number of halogens is 1. The van der Waals surface area contributed by atoms with Crippen molar-refractivity contribution >= 4 is 38.2 Å². The number of carbonyl (C=O) groups is 1. The van der Waals surface area contributed by atoms with Crippen LogP contribution in [0.4, 0.5) is 0 Å². The minimum Gasteiger partial charge on any atom is -0.349 e. The Bertz CT molecular complexity index is 844. The molecule has 124 valence electrons. The molecule has 1 N–H and O–H groups in total. The molecule has 3 rings (SSSR count). The first-order valence-corrected chi connectivity index (χ1v) is 10.0. The van der Waals surface area contributed by atoms with Gasteiger partial charge in [0.2, 0.25) is 0 Å². The van der Waals surface area contributed by atoms with E-state index in [-0.39, 0.29) is 17.6 Å². The Morgan fingerprint density at radius 2 is 2.13 bits per heavy atom. The van der Waals surface area contributed by atoms with Crippen molar-refractivity contribution in [1.29, 1.82) is 0 Å². The number of H-pyrrole nitrogens is 1. The van der Waals surface area contributed by atoms with Gasteiger partial charge < -0.3 is 9.88 Å². The maximum Gasteiger partial charge on any atom is 0.271 e. The SMILES string of the molecule is CS(=O)(=O)CC1CCCN(C(=O)c2[nH]c3ccccc3c2Cl)C1. The van der Waals surface area contributed by atoms with Crippen molar-refractivity contribution in [2.45, 2.75) is 12.8 Å². The Labute approximate surface area is 140 Å². The standard InChI is InChI=1S/C16H19ClN2O3S/c1-23(21,22)10-11-5-4-8-19(9-11)16(20)15-14(17)12-6-2-3-7-13(12)18-15/h2-3,6-7,11,18H,4-5,8-10H2,1H3. The predicted octanol–water partition coefficient (Wildman–Crippen LogP) is 2.72. The van der Waals surface area contributed by atoms with Crippen LogP contribution in [0, 0.1) is 5.92 Å². The van der Waals surface area contributed by atoms with Gasteiger partial charge in [-0.1, -0.05) is 29.8 Å². The molecule has 0 spiro atoms. The Morgan fingerprint density at radius 1 is 1.39 bits per heavy atom. The Morgan fingerprint density at radius 3 is 2.83 bits per heavy atom. The molecule has 1 aromatic carbocycles. The summed E-state index contributed by atoms with van der Waals surface area (Å²) in [7, 11) is -3.04. The van der Waals surface area contributed by atoms with Gasteiger partial charge in [-0.15, -0.1) is 0 Å². The number of amides is 1. The largest absolute Gasteiger partial charge is 0.349 e. The number of aromatic nitrogens is 1. The smallest absolute Gasteiger partial charge is 0.271 e. The molecule has 1 aromatic heterocycles. The normalized spacial score (nSPS) is 19.2. The van der Waals surface area contributed by atoms with Crippen LogP contribution in [0.1, 0.15) is 23.3 Å². The molecular weight excluding hydrogens is 336 g/mol. The first kappa shape index (κ1) is 16.3. The molecule has 7 heteroatoms. The van der Waals surface area contributed by atoms with E-state index in [4.69, 9.17) is 11.6 Å². The average Bonchev–Trinajstić information content (AvgIpc) is 2.83. The molecule has 23 heavy (non-hydrogen) atoms. The molecule has 5 nitrogen and oxygen atoms in total. The molecular formula is C16H19ClN2O3S. The summed E-state index contributed by atoms with van der Waals surface area (Å²) in [6.07, 6.45) is 2.88. The van der Waals surface area contributed by atoms with E-state index >= 15 is 0 Å². The van der Waals surface area contributed by atoms with E-state index in [1.54, 1.807) is 4.90 Å². The number of para-hydroxylation sites is 1. The zero-order valence-corrected chi connectivity index (χ0v) is 14.5. The minimum absolute atomic E-state index is 0.00847. The number of fused-ring (bicyclic) bond motifs is 1. The minimum atomic E-state index is -3.04. The topological polar surface area (TPSA) is 70.2 Å². The van der Waals surface area contributed by atoms with Crippen molar-refractivity contribution in [2.24, 2.45) is 5.92 Å². The monoisotopic (exact) mass is 354 g/mol. The summed E-state index contributed by atoms with van der Waals surface area (Å²) in [5.41, 5.74) is 1.21. The second kappa shape index (κ2) is 6.17. The third-order valence-corrected chi connectivity index (χ3v) is 5.67. The van der Waals surface area contributed by atoms with Crippen molar-refractivity contribution < 1.29 is 13.2 Å². The summed E-state index contributed by atoms with van der Waals surface area (Å²) < 4.78 is 23.0. The third-order valence-electron chi connectivity index (χ3n) is 4.20. The first-order valence-electron chi connectivity index (χ1n) is 7.58. The molecule has 2 heterocycles. The lowest BCUT2D eigenvalue weighted by Crippen LogP contribution is -2.42. The van der Waals surface area contributed by atoms with E-state index in [1.807, 2.05) is 24.3 Å². The number of sulfone groups is 1. The number of nitrogens with zero attached hydrogens (tertiary/aromatic N) is 1. The Hall–Kier alpha value is -1.53. The number of likely N-dealkylation sites (tertiary alicyclic amines) is 1. The first-order chi connectivity index (χ1) is 10.8. The van der Waals surface area contributed by atoms with Gasteiger partial charge in [0.05, 0.1) is 10.8 Å². The van der Waals surface area contributed by atoms with Crippen LogP contribution in [-0.4, -0.2) is 49.3 Å². The number of piperidine rings is 1. The maximum absolute atomic E-state index is 12.8.